The maximum absolute atomic E-state index is 12.2. The topological polar surface area (TPSA) is 58.2 Å². The van der Waals surface area contributed by atoms with E-state index in [0.29, 0.717) is 17.8 Å². The summed E-state index contributed by atoms with van der Waals surface area (Å²) >= 11 is 0. The van der Waals surface area contributed by atoms with Gasteiger partial charge in [-0.15, -0.1) is 0 Å². The fourth-order valence-electron chi connectivity index (χ4n) is 3.14. The quantitative estimate of drug-likeness (QED) is 0.888. The third-order valence-electron chi connectivity index (χ3n) is 4.31. The molecule has 2 N–H and O–H groups in total. The summed E-state index contributed by atoms with van der Waals surface area (Å²) in [5.74, 6) is -0.271. The third kappa shape index (κ3) is 4.02. The average molecular weight is 322 g/mol. The molecule has 3 rings (SSSR count). The number of carbonyl (C=O) groups excluding carboxylic acids is 2. The Bertz CT molecular complexity index is 768. The van der Waals surface area contributed by atoms with E-state index < -0.39 is 0 Å². The smallest absolute Gasteiger partial charge is 0.251 e. The predicted molar refractivity (Wildman–Crippen MR) is 95.2 cm³/mol. The molecule has 0 unspecified atom stereocenters. The summed E-state index contributed by atoms with van der Waals surface area (Å²) in [6.45, 7) is 2.05. The van der Waals surface area contributed by atoms with Gasteiger partial charge in [0.1, 0.15) is 0 Å². The second-order valence-corrected chi connectivity index (χ2v) is 6.22. The summed E-state index contributed by atoms with van der Waals surface area (Å²) < 4.78 is 0. The molecule has 4 heteroatoms. The second-order valence-electron chi connectivity index (χ2n) is 6.22. The lowest BCUT2D eigenvalue weighted by atomic mass is 10.0. The highest BCUT2D eigenvalue weighted by molar-refractivity contribution is 5.96. The molecule has 0 atom stereocenters. The Kier molecular flexibility index (Phi) is 4.94. The molecule has 24 heavy (non-hydrogen) atoms. The maximum atomic E-state index is 12.2. The van der Waals surface area contributed by atoms with Gasteiger partial charge in [0.05, 0.1) is 0 Å². The van der Waals surface area contributed by atoms with E-state index in [2.05, 4.69) is 28.8 Å². The van der Waals surface area contributed by atoms with E-state index in [1.54, 1.807) is 24.3 Å². The largest absolute Gasteiger partial charge is 0.352 e. The predicted octanol–water partition coefficient (Wildman–Crippen LogP) is 3.11. The number of nitrogens with one attached hydrogen (secondary N) is 2. The first kappa shape index (κ1) is 16.2. The lowest BCUT2D eigenvalue weighted by molar-refractivity contribution is -0.114. The number of rotatable bonds is 5. The van der Waals surface area contributed by atoms with Crippen LogP contribution in [-0.4, -0.2) is 18.4 Å². The molecule has 2 amide bonds. The van der Waals surface area contributed by atoms with Crippen LogP contribution in [0.1, 0.15) is 40.4 Å². The fraction of sp³-hybridized carbons (Fsp3) is 0.300. The Labute approximate surface area is 142 Å². The van der Waals surface area contributed by atoms with E-state index in [-0.39, 0.29) is 11.8 Å². The molecule has 0 bridgehead atoms. The second kappa shape index (κ2) is 7.30. The monoisotopic (exact) mass is 322 g/mol. The van der Waals surface area contributed by atoms with Gasteiger partial charge in [0.25, 0.3) is 5.91 Å². The van der Waals surface area contributed by atoms with Gasteiger partial charge >= 0.3 is 0 Å². The van der Waals surface area contributed by atoms with Gasteiger partial charge in [0.15, 0.2) is 0 Å². The van der Waals surface area contributed by atoms with Crippen LogP contribution in [-0.2, 0) is 24.1 Å². The number of amides is 2. The normalized spacial score (nSPS) is 12.5. The van der Waals surface area contributed by atoms with Crippen molar-refractivity contribution in [2.45, 2.75) is 32.6 Å². The number of fused-ring (bicyclic) bond motifs is 1. The first-order chi connectivity index (χ1) is 11.6. The molecule has 124 valence electrons. The van der Waals surface area contributed by atoms with E-state index in [0.717, 1.165) is 6.42 Å². The number of hydrogen-bond donors (Lipinski definition) is 2. The highest BCUT2D eigenvalue weighted by atomic mass is 16.2. The van der Waals surface area contributed by atoms with E-state index in [1.165, 1.54) is 42.9 Å². The van der Waals surface area contributed by atoms with Crippen LogP contribution in [0.5, 0.6) is 0 Å². The molecule has 1 aliphatic carbocycles. The lowest BCUT2D eigenvalue weighted by Crippen LogP contribution is -2.25. The minimum atomic E-state index is -0.149. The van der Waals surface area contributed by atoms with Crippen LogP contribution in [0.25, 0.3) is 0 Å². The summed E-state index contributed by atoms with van der Waals surface area (Å²) in [6, 6.07) is 13.6. The lowest BCUT2D eigenvalue weighted by Gasteiger charge is -2.08. The maximum Gasteiger partial charge on any atom is 0.251 e. The minimum Gasteiger partial charge on any atom is -0.352 e. The SMILES string of the molecule is CC(=O)Nc1cccc(C(=O)NCCc2ccc3c(c2)CCC3)c1. The van der Waals surface area contributed by atoms with E-state index in [4.69, 9.17) is 0 Å². The van der Waals surface area contributed by atoms with Crippen LogP contribution >= 0.6 is 0 Å². The molecule has 1 aliphatic rings. The van der Waals surface area contributed by atoms with Crippen molar-refractivity contribution in [2.75, 3.05) is 11.9 Å². The molecule has 0 spiro atoms. The minimum absolute atomic E-state index is 0.122. The molecule has 0 saturated heterocycles. The van der Waals surface area contributed by atoms with Crippen molar-refractivity contribution >= 4 is 17.5 Å². The van der Waals surface area contributed by atoms with Crippen LogP contribution in [0.4, 0.5) is 5.69 Å². The van der Waals surface area contributed by atoms with Crippen molar-refractivity contribution in [3.63, 3.8) is 0 Å². The van der Waals surface area contributed by atoms with Gasteiger partial charge in [-0.1, -0.05) is 24.3 Å². The Morgan fingerprint density at radius 2 is 1.88 bits per heavy atom. The molecule has 0 heterocycles. The zero-order valence-electron chi connectivity index (χ0n) is 13.9. The molecule has 4 nitrogen and oxygen atoms in total. The van der Waals surface area contributed by atoms with Crippen molar-refractivity contribution in [1.29, 1.82) is 0 Å². The highest BCUT2D eigenvalue weighted by Gasteiger charge is 2.11. The fourth-order valence-corrected chi connectivity index (χ4v) is 3.14. The Morgan fingerprint density at radius 1 is 1.04 bits per heavy atom. The molecule has 0 radical (unpaired) electrons. The Balaban J connectivity index is 1.55. The molecular weight excluding hydrogens is 300 g/mol. The van der Waals surface area contributed by atoms with Crippen molar-refractivity contribution in [3.05, 3.63) is 64.7 Å². The standard InChI is InChI=1S/C20H22N2O2/c1-14(23)22-19-7-3-6-18(13-19)20(24)21-11-10-15-8-9-16-4-2-5-17(16)12-15/h3,6-9,12-13H,2,4-5,10-11H2,1H3,(H,21,24)(H,22,23). The van der Waals surface area contributed by atoms with Crippen LogP contribution < -0.4 is 10.6 Å². The molecule has 0 fully saturated rings. The van der Waals surface area contributed by atoms with Gasteiger partial charge in [-0.3, -0.25) is 9.59 Å². The van der Waals surface area contributed by atoms with Crippen LogP contribution in [0, 0.1) is 0 Å². The summed E-state index contributed by atoms with van der Waals surface area (Å²) in [5.41, 5.74) is 5.38. The van der Waals surface area contributed by atoms with Crippen molar-refractivity contribution in [3.8, 4) is 0 Å². The third-order valence-corrected chi connectivity index (χ3v) is 4.31. The van der Waals surface area contributed by atoms with Crippen LogP contribution in [0.2, 0.25) is 0 Å². The van der Waals surface area contributed by atoms with E-state index >= 15 is 0 Å². The molecule has 2 aromatic rings. The van der Waals surface area contributed by atoms with E-state index in [9.17, 15) is 9.59 Å². The van der Waals surface area contributed by atoms with Crippen molar-refractivity contribution in [1.82, 2.24) is 5.32 Å². The van der Waals surface area contributed by atoms with Gasteiger partial charge in [-0.05, 0) is 60.6 Å². The van der Waals surface area contributed by atoms with Crippen molar-refractivity contribution < 1.29 is 9.59 Å². The Morgan fingerprint density at radius 3 is 2.71 bits per heavy atom. The number of hydrogen-bond acceptors (Lipinski definition) is 2. The summed E-state index contributed by atoms with van der Waals surface area (Å²) in [5, 5.41) is 5.63. The Hall–Kier alpha value is -2.62. The van der Waals surface area contributed by atoms with Crippen LogP contribution in [0.15, 0.2) is 42.5 Å². The van der Waals surface area contributed by atoms with Crippen molar-refractivity contribution in [2.24, 2.45) is 0 Å². The molecule has 0 aliphatic heterocycles. The molecule has 2 aromatic carbocycles. The first-order valence-electron chi connectivity index (χ1n) is 8.38. The van der Waals surface area contributed by atoms with Gasteiger partial charge < -0.3 is 10.6 Å². The highest BCUT2D eigenvalue weighted by Crippen LogP contribution is 2.22. The molecule has 0 aromatic heterocycles. The average Bonchev–Trinajstić information content (AvgIpc) is 3.02. The van der Waals surface area contributed by atoms with Gasteiger partial charge in [0.2, 0.25) is 5.91 Å². The van der Waals surface area contributed by atoms with Gasteiger partial charge in [-0.25, -0.2) is 0 Å². The van der Waals surface area contributed by atoms with Gasteiger partial charge in [-0.2, -0.15) is 0 Å². The summed E-state index contributed by atoms with van der Waals surface area (Å²) in [7, 11) is 0. The molecule has 0 saturated carbocycles. The zero-order valence-corrected chi connectivity index (χ0v) is 13.9. The number of carbonyl (C=O) groups is 2. The van der Waals surface area contributed by atoms with Gasteiger partial charge in [0, 0.05) is 24.7 Å². The molecular formula is C20H22N2O2. The zero-order chi connectivity index (χ0) is 16.9. The number of aryl methyl sites for hydroxylation is 2. The number of benzene rings is 2. The first-order valence-corrected chi connectivity index (χ1v) is 8.38. The van der Waals surface area contributed by atoms with Crippen LogP contribution in [0.3, 0.4) is 0 Å². The number of anilines is 1. The summed E-state index contributed by atoms with van der Waals surface area (Å²) in [4.78, 5) is 23.3. The summed E-state index contributed by atoms with van der Waals surface area (Å²) in [6.07, 6.45) is 4.44. The van der Waals surface area contributed by atoms with E-state index in [1.807, 2.05) is 0 Å².